The summed E-state index contributed by atoms with van der Waals surface area (Å²) in [6, 6.07) is 6.37. The van der Waals surface area contributed by atoms with Crippen LogP contribution in [0.25, 0.3) is 11.3 Å². The molecule has 1 aromatic heterocycles. The Kier molecular flexibility index (Phi) is 6.61. The van der Waals surface area contributed by atoms with E-state index in [2.05, 4.69) is 26.1 Å². The standard InChI is InChI=1S/C20H28ClN3/c1-6-8-17(9-7-2)24-20-15(5)22-19(14(4)23-20)18-11-10-16(21)12-13(18)3/h10-12,17H,6-9H2,1-5H3,(H,23,24). The van der Waals surface area contributed by atoms with Crippen LogP contribution in [0.2, 0.25) is 5.02 Å². The van der Waals surface area contributed by atoms with Gasteiger partial charge in [-0.15, -0.1) is 0 Å². The van der Waals surface area contributed by atoms with E-state index in [-0.39, 0.29) is 0 Å². The van der Waals surface area contributed by atoms with Crippen molar-refractivity contribution in [2.24, 2.45) is 0 Å². The van der Waals surface area contributed by atoms with Crippen molar-refractivity contribution in [3.63, 3.8) is 0 Å². The number of rotatable bonds is 7. The molecule has 1 N–H and O–H groups in total. The number of nitrogens with one attached hydrogen (secondary N) is 1. The van der Waals surface area contributed by atoms with Gasteiger partial charge in [0.1, 0.15) is 5.82 Å². The van der Waals surface area contributed by atoms with Crippen LogP contribution in [-0.2, 0) is 0 Å². The molecule has 0 spiro atoms. The molecule has 0 fully saturated rings. The Bertz CT molecular complexity index is 692. The van der Waals surface area contributed by atoms with E-state index in [1.54, 1.807) is 0 Å². The molecule has 2 aromatic rings. The molecular weight excluding hydrogens is 318 g/mol. The lowest BCUT2D eigenvalue weighted by Gasteiger charge is -2.20. The number of halogens is 1. The Labute approximate surface area is 150 Å². The van der Waals surface area contributed by atoms with Gasteiger partial charge in [-0.1, -0.05) is 44.4 Å². The molecule has 1 aromatic carbocycles. The second-order valence-electron chi connectivity index (χ2n) is 6.47. The second-order valence-corrected chi connectivity index (χ2v) is 6.91. The van der Waals surface area contributed by atoms with Crippen molar-refractivity contribution in [1.82, 2.24) is 9.97 Å². The molecule has 0 radical (unpaired) electrons. The normalized spacial score (nSPS) is 11.1. The molecule has 0 bridgehead atoms. The molecule has 0 unspecified atom stereocenters. The molecule has 0 saturated heterocycles. The molecule has 4 heteroatoms. The quantitative estimate of drug-likeness (QED) is 0.658. The maximum absolute atomic E-state index is 6.07. The molecule has 2 rings (SSSR count). The van der Waals surface area contributed by atoms with E-state index in [9.17, 15) is 0 Å². The molecule has 0 atom stereocenters. The third kappa shape index (κ3) is 4.47. The van der Waals surface area contributed by atoms with E-state index in [0.717, 1.165) is 51.9 Å². The van der Waals surface area contributed by atoms with Crippen LogP contribution in [-0.4, -0.2) is 16.0 Å². The van der Waals surface area contributed by atoms with Gasteiger partial charge in [-0.2, -0.15) is 0 Å². The highest BCUT2D eigenvalue weighted by molar-refractivity contribution is 6.30. The van der Waals surface area contributed by atoms with Gasteiger partial charge in [0.05, 0.1) is 17.1 Å². The Balaban J connectivity index is 2.34. The molecule has 130 valence electrons. The topological polar surface area (TPSA) is 37.8 Å². The molecule has 1 heterocycles. The minimum absolute atomic E-state index is 0.468. The SMILES string of the molecule is CCCC(CCC)Nc1nc(C)c(-c2ccc(Cl)cc2C)nc1C. The van der Waals surface area contributed by atoms with Crippen LogP contribution in [0.3, 0.4) is 0 Å². The van der Waals surface area contributed by atoms with Crippen molar-refractivity contribution in [3.8, 4) is 11.3 Å². The third-order valence-electron chi connectivity index (χ3n) is 4.30. The fraction of sp³-hybridized carbons (Fsp3) is 0.500. The van der Waals surface area contributed by atoms with Crippen LogP contribution in [0.5, 0.6) is 0 Å². The van der Waals surface area contributed by atoms with Crippen LogP contribution in [0.1, 0.15) is 56.5 Å². The van der Waals surface area contributed by atoms with Gasteiger partial charge in [0.25, 0.3) is 0 Å². The van der Waals surface area contributed by atoms with Crippen molar-refractivity contribution >= 4 is 17.4 Å². The van der Waals surface area contributed by atoms with Crippen LogP contribution in [0, 0.1) is 20.8 Å². The maximum atomic E-state index is 6.07. The molecule has 0 aliphatic rings. The van der Waals surface area contributed by atoms with Gasteiger partial charge in [-0.25, -0.2) is 9.97 Å². The van der Waals surface area contributed by atoms with Gasteiger partial charge in [-0.3, -0.25) is 0 Å². The number of anilines is 1. The fourth-order valence-electron chi connectivity index (χ4n) is 3.07. The van der Waals surface area contributed by atoms with Crippen LogP contribution < -0.4 is 5.32 Å². The number of benzene rings is 1. The van der Waals surface area contributed by atoms with Crippen LogP contribution in [0.4, 0.5) is 5.82 Å². The highest BCUT2D eigenvalue weighted by Crippen LogP contribution is 2.28. The zero-order chi connectivity index (χ0) is 17.7. The summed E-state index contributed by atoms with van der Waals surface area (Å²) >= 11 is 6.07. The molecular formula is C20H28ClN3. The summed E-state index contributed by atoms with van der Waals surface area (Å²) in [5.41, 5.74) is 5.05. The number of hydrogen-bond donors (Lipinski definition) is 1. The smallest absolute Gasteiger partial charge is 0.148 e. The highest BCUT2D eigenvalue weighted by atomic mass is 35.5. The Morgan fingerprint density at radius 3 is 2.25 bits per heavy atom. The zero-order valence-electron chi connectivity index (χ0n) is 15.4. The van der Waals surface area contributed by atoms with Crippen LogP contribution >= 0.6 is 11.6 Å². The van der Waals surface area contributed by atoms with Gasteiger partial charge >= 0.3 is 0 Å². The average molecular weight is 346 g/mol. The fourth-order valence-corrected chi connectivity index (χ4v) is 3.29. The average Bonchev–Trinajstić information content (AvgIpc) is 2.51. The number of hydrogen-bond acceptors (Lipinski definition) is 3. The molecule has 24 heavy (non-hydrogen) atoms. The first kappa shape index (κ1) is 18.7. The van der Waals surface area contributed by atoms with E-state index in [4.69, 9.17) is 21.6 Å². The first-order chi connectivity index (χ1) is 11.5. The summed E-state index contributed by atoms with van der Waals surface area (Å²) in [5.74, 6) is 0.912. The van der Waals surface area contributed by atoms with Crippen molar-refractivity contribution < 1.29 is 0 Å². The summed E-state index contributed by atoms with van der Waals surface area (Å²) in [6.07, 6.45) is 4.66. The Morgan fingerprint density at radius 2 is 1.67 bits per heavy atom. The predicted molar refractivity (Wildman–Crippen MR) is 104 cm³/mol. The minimum Gasteiger partial charge on any atom is -0.366 e. The predicted octanol–water partition coefficient (Wildman–Crippen LogP) is 6.10. The van der Waals surface area contributed by atoms with Gasteiger partial charge in [0.2, 0.25) is 0 Å². The molecule has 0 aliphatic carbocycles. The van der Waals surface area contributed by atoms with Crippen molar-refractivity contribution in [3.05, 3.63) is 40.2 Å². The second kappa shape index (κ2) is 8.48. The Morgan fingerprint density at radius 1 is 1.00 bits per heavy atom. The largest absolute Gasteiger partial charge is 0.366 e. The lowest BCUT2D eigenvalue weighted by Crippen LogP contribution is -2.21. The maximum Gasteiger partial charge on any atom is 0.148 e. The van der Waals surface area contributed by atoms with Crippen molar-refractivity contribution in [2.75, 3.05) is 5.32 Å². The number of aryl methyl sites for hydroxylation is 3. The first-order valence-corrected chi connectivity index (χ1v) is 9.22. The van der Waals surface area contributed by atoms with E-state index < -0.39 is 0 Å². The van der Waals surface area contributed by atoms with E-state index >= 15 is 0 Å². The lowest BCUT2D eigenvalue weighted by atomic mass is 10.0. The number of nitrogens with zero attached hydrogens (tertiary/aromatic N) is 2. The Hall–Kier alpha value is -1.61. The summed E-state index contributed by atoms with van der Waals surface area (Å²) in [4.78, 5) is 9.65. The van der Waals surface area contributed by atoms with Gasteiger partial charge in [-0.05, 0) is 51.3 Å². The molecule has 0 amide bonds. The summed E-state index contributed by atoms with van der Waals surface area (Å²) in [7, 11) is 0. The lowest BCUT2D eigenvalue weighted by molar-refractivity contribution is 0.583. The minimum atomic E-state index is 0.468. The monoisotopic (exact) mass is 345 g/mol. The van der Waals surface area contributed by atoms with E-state index in [1.165, 1.54) is 12.8 Å². The van der Waals surface area contributed by atoms with E-state index in [1.807, 2.05) is 32.0 Å². The van der Waals surface area contributed by atoms with Crippen molar-refractivity contribution in [1.29, 1.82) is 0 Å². The molecule has 3 nitrogen and oxygen atoms in total. The van der Waals surface area contributed by atoms with Gasteiger partial charge in [0, 0.05) is 16.6 Å². The zero-order valence-corrected chi connectivity index (χ0v) is 16.2. The highest BCUT2D eigenvalue weighted by Gasteiger charge is 2.14. The van der Waals surface area contributed by atoms with Gasteiger partial charge < -0.3 is 5.32 Å². The third-order valence-corrected chi connectivity index (χ3v) is 4.54. The van der Waals surface area contributed by atoms with E-state index in [0.29, 0.717) is 6.04 Å². The number of aromatic nitrogens is 2. The van der Waals surface area contributed by atoms with Crippen molar-refractivity contribution in [2.45, 2.75) is 66.3 Å². The summed E-state index contributed by atoms with van der Waals surface area (Å²) in [5, 5.41) is 4.35. The first-order valence-electron chi connectivity index (χ1n) is 8.84. The van der Waals surface area contributed by atoms with Crippen LogP contribution in [0.15, 0.2) is 18.2 Å². The molecule has 0 aliphatic heterocycles. The van der Waals surface area contributed by atoms with Gasteiger partial charge in [0.15, 0.2) is 0 Å². The summed E-state index contributed by atoms with van der Waals surface area (Å²) < 4.78 is 0. The molecule has 0 saturated carbocycles. The summed E-state index contributed by atoms with van der Waals surface area (Å²) in [6.45, 7) is 10.6.